The van der Waals surface area contributed by atoms with Gasteiger partial charge in [0.1, 0.15) is 6.61 Å². The summed E-state index contributed by atoms with van der Waals surface area (Å²) in [6.45, 7) is 13.1. The Balaban J connectivity index is 2.46. The lowest BCUT2D eigenvalue weighted by Gasteiger charge is -2.19. The molecule has 0 aliphatic heterocycles. The molecule has 1 rings (SSSR count). The molecule has 1 aromatic heterocycles. The highest BCUT2D eigenvalue weighted by Gasteiger charge is 2.09. The van der Waals surface area contributed by atoms with E-state index >= 15 is 0 Å². The van der Waals surface area contributed by atoms with Gasteiger partial charge in [0.2, 0.25) is 5.88 Å². The second-order valence-corrected chi connectivity index (χ2v) is 5.54. The number of hydrogen-bond acceptors (Lipinski definition) is 4. The molecule has 4 nitrogen and oxygen atoms in total. The molecule has 0 saturated carbocycles. The topological polar surface area (TPSA) is 43.4 Å². The molecule has 4 heteroatoms. The summed E-state index contributed by atoms with van der Waals surface area (Å²) in [6.07, 6.45) is 0. The summed E-state index contributed by atoms with van der Waals surface area (Å²) < 4.78 is 11.3. The van der Waals surface area contributed by atoms with Crippen LogP contribution in [0.15, 0.2) is 12.1 Å². The maximum atomic E-state index is 5.64. The highest BCUT2D eigenvalue weighted by Crippen LogP contribution is 2.13. The van der Waals surface area contributed by atoms with Gasteiger partial charge in [-0.15, -0.1) is 0 Å². The van der Waals surface area contributed by atoms with E-state index in [1.165, 1.54) is 5.56 Å². The van der Waals surface area contributed by atoms with Gasteiger partial charge < -0.3 is 14.8 Å². The minimum Gasteiger partial charge on any atom is -0.475 e. The Kier molecular flexibility index (Phi) is 6.25. The van der Waals surface area contributed by atoms with Crippen molar-refractivity contribution >= 4 is 0 Å². The van der Waals surface area contributed by atoms with E-state index in [4.69, 9.17) is 9.47 Å². The molecule has 0 saturated heterocycles. The largest absolute Gasteiger partial charge is 0.475 e. The molecule has 0 aliphatic rings. The zero-order chi connectivity index (χ0) is 14.3. The number of hydrogen-bond donors (Lipinski definition) is 1. The van der Waals surface area contributed by atoms with Crippen molar-refractivity contribution in [1.29, 1.82) is 0 Å². The van der Waals surface area contributed by atoms with Crippen molar-refractivity contribution in [2.75, 3.05) is 19.8 Å². The van der Waals surface area contributed by atoms with Crippen LogP contribution in [-0.2, 0) is 11.3 Å². The maximum Gasteiger partial charge on any atom is 0.213 e. The monoisotopic (exact) mass is 266 g/mol. The smallest absolute Gasteiger partial charge is 0.213 e. The predicted molar refractivity (Wildman–Crippen MR) is 77.6 cm³/mol. The first-order valence-electron chi connectivity index (χ1n) is 6.86. The third kappa shape index (κ3) is 7.13. The first-order chi connectivity index (χ1) is 8.90. The van der Waals surface area contributed by atoms with Crippen molar-refractivity contribution in [3.05, 3.63) is 23.4 Å². The van der Waals surface area contributed by atoms with Crippen LogP contribution in [0.2, 0.25) is 0 Å². The Morgan fingerprint density at radius 2 is 1.95 bits per heavy atom. The van der Waals surface area contributed by atoms with E-state index in [1.54, 1.807) is 0 Å². The highest BCUT2D eigenvalue weighted by molar-refractivity contribution is 5.24. The van der Waals surface area contributed by atoms with Crippen molar-refractivity contribution in [1.82, 2.24) is 10.3 Å². The van der Waals surface area contributed by atoms with E-state index in [0.29, 0.717) is 19.1 Å². The number of rotatable bonds is 7. The van der Waals surface area contributed by atoms with Gasteiger partial charge in [-0.2, -0.15) is 0 Å². The number of nitrogens with one attached hydrogen (secondary N) is 1. The van der Waals surface area contributed by atoms with Gasteiger partial charge in [-0.05, 0) is 45.9 Å². The van der Waals surface area contributed by atoms with E-state index in [1.807, 2.05) is 33.8 Å². The number of aromatic nitrogens is 1. The molecule has 0 radical (unpaired) electrons. The van der Waals surface area contributed by atoms with Crippen molar-refractivity contribution in [2.45, 2.75) is 46.8 Å². The van der Waals surface area contributed by atoms with E-state index < -0.39 is 0 Å². The fourth-order valence-electron chi connectivity index (χ4n) is 1.65. The van der Waals surface area contributed by atoms with Crippen molar-refractivity contribution in [2.24, 2.45) is 0 Å². The van der Waals surface area contributed by atoms with Gasteiger partial charge in [0.15, 0.2) is 0 Å². The first-order valence-corrected chi connectivity index (χ1v) is 6.86. The van der Waals surface area contributed by atoms with Crippen molar-refractivity contribution in [3.63, 3.8) is 0 Å². The van der Waals surface area contributed by atoms with Crippen LogP contribution in [0.1, 0.15) is 39.0 Å². The standard InChI is InChI=1S/C15H26N2O2/c1-6-16-11-13-9-12(2)17-14(10-13)18-7-8-19-15(3,4)5/h9-10,16H,6-8,11H2,1-5H3. The Labute approximate surface area is 116 Å². The lowest BCUT2D eigenvalue weighted by Crippen LogP contribution is -2.22. The molecule has 1 heterocycles. The molecule has 0 aliphatic carbocycles. The van der Waals surface area contributed by atoms with Crippen LogP contribution in [-0.4, -0.2) is 30.3 Å². The lowest BCUT2D eigenvalue weighted by molar-refractivity contribution is -0.0168. The second kappa shape index (κ2) is 7.46. The Morgan fingerprint density at radius 3 is 2.58 bits per heavy atom. The Bertz CT molecular complexity index is 386. The van der Waals surface area contributed by atoms with Crippen LogP contribution in [0.25, 0.3) is 0 Å². The van der Waals surface area contributed by atoms with E-state index in [-0.39, 0.29) is 5.60 Å². The van der Waals surface area contributed by atoms with Gasteiger partial charge >= 0.3 is 0 Å². The number of nitrogens with zero attached hydrogens (tertiary/aromatic N) is 1. The van der Waals surface area contributed by atoms with Crippen LogP contribution in [0, 0.1) is 6.92 Å². The molecular formula is C15H26N2O2. The average Bonchev–Trinajstić information content (AvgIpc) is 2.30. The molecule has 1 N–H and O–H groups in total. The SMILES string of the molecule is CCNCc1cc(C)nc(OCCOC(C)(C)C)c1. The van der Waals surface area contributed by atoms with E-state index in [0.717, 1.165) is 18.8 Å². The Hall–Kier alpha value is -1.13. The number of pyridine rings is 1. The first kappa shape index (κ1) is 15.9. The quantitative estimate of drug-likeness (QED) is 0.771. The average molecular weight is 266 g/mol. The minimum atomic E-state index is -0.125. The molecule has 0 bridgehead atoms. The summed E-state index contributed by atoms with van der Waals surface area (Å²) in [7, 11) is 0. The fraction of sp³-hybridized carbons (Fsp3) is 0.667. The van der Waals surface area contributed by atoms with Crippen LogP contribution in [0.3, 0.4) is 0 Å². The van der Waals surface area contributed by atoms with Crippen LogP contribution >= 0.6 is 0 Å². The van der Waals surface area contributed by atoms with E-state index in [9.17, 15) is 0 Å². The second-order valence-electron chi connectivity index (χ2n) is 5.54. The molecule has 19 heavy (non-hydrogen) atoms. The molecule has 0 fully saturated rings. The minimum absolute atomic E-state index is 0.125. The lowest BCUT2D eigenvalue weighted by atomic mass is 10.2. The third-order valence-electron chi connectivity index (χ3n) is 2.44. The van der Waals surface area contributed by atoms with Crippen LogP contribution in [0.5, 0.6) is 5.88 Å². The summed E-state index contributed by atoms with van der Waals surface area (Å²) >= 11 is 0. The number of ether oxygens (including phenoxy) is 2. The molecule has 0 aromatic carbocycles. The summed E-state index contributed by atoms with van der Waals surface area (Å²) in [5.74, 6) is 0.672. The molecule has 108 valence electrons. The number of aryl methyl sites for hydroxylation is 1. The predicted octanol–water partition coefficient (Wildman–Crippen LogP) is 2.69. The Morgan fingerprint density at radius 1 is 1.21 bits per heavy atom. The zero-order valence-corrected chi connectivity index (χ0v) is 12.7. The molecule has 1 aromatic rings. The highest BCUT2D eigenvalue weighted by atomic mass is 16.5. The third-order valence-corrected chi connectivity index (χ3v) is 2.44. The van der Waals surface area contributed by atoms with Crippen LogP contribution in [0.4, 0.5) is 0 Å². The molecule has 0 atom stereocenters. The summed E-state index contributed by atoms with van der Waals surface area (Å²) in [6, 6.07) is 4.05. The summed E-state index contributed by atoms with van der Waals surface area (Å²) in [4.78, 5) is 4.37. The summed E-state index contributed by atoms with van der Waals surface area (Å²) in [5, 5.41) is 3.30. The van der Waals surface area contributed by atoms with Gasteiger partial charge in [0.25, 0.3) is 0 Å². The maximum absolute atomic E-state index is 5.64. The van der Waals surface area contributed by atoms with Crippen molar-refractivity contribution < 1.29 is 9.47 Å². The summed E-state index contributed by atoms with van der Waals surface area (Å²) in [5.41, 5.74) is 2.04. The molecular weight excluding hydrogens is 240 g/mol. The fourth-order valence-corrected chi connectivity index (χ4v) is 1.65. The normalized spacial score (nSPS) is 11.6. The zero-order valence-electron chi connectivity index (χ0n) is 12.7. The molecule has 0 spiro atoms. The van der Waals surface area contributed by atoms with Gasteiger partial charge in [0, 0.05) is 18.3 Å². The van der Waals surface area contributed by atoms with Gasteiger partial charge in [0.05, 0.1) is 12.2 Å². The van der Waals surface area contributed by atoms with Crippen LogP contribution < -0.4 is 10.1 Å². The molecule has 0 unspecified atom stereocenters. The molecule has 0 amide bonds. The van der Waals surface area contributed by atoms with E-state index in [2.05, 4.69) is 23.3 Å². The van der Waals surface area contributed by atoms with Crippen molar-refractivity contribution in [3.8, 4) is 5.88 Å². The van der Waals surface area contributed by atoms with Gasteiger partial charge in [-0.3, -0.25) is 0 Å². The van der Waals surface area contributed by atoms with Gasteiger partial charge in [-0.1, -0.05) is 6.92 Å². The van der Waals surface area contributed by atoms with Gasteiger partial charge in [-0.25, -0.2) is 4.98 Å².